The first kappa shape index (κ1) is 19.5. The van der Waals surface area contributed by atoms with Crippen LogP contribution in [0.2, 0.25) is 0 Å². The van der Waals surface area contributed by atoms with Gasteiger partial charge in [0.2, 0.25) is 15.9 Å². The Kier molecular flexibility index (Phi) is 5.09. The first-order valence-corrected chi connectivity index (χ1v) is 10.3. The molecule has 8 nitrogen and oxygen atoms in total. The largest absolute Gasteiger partial charge is 0.340 e. The zero-order chi connectivity index (χ0) is 19.8. The van der Waals surface area contributed by atoms with Gasteiger partial charge in [-0.3, -0.25) is 14.5 Å². The van der Waals surface area contributed by atoms with Crippen LogP contribution in [0.5, 0.6) is 0 Å². The minimum absolute atomic E-state index is 0.0402. The number of hydrogen-bond donors (Lipinski definition) is 0. The van der Waals surface area contributed by atoms with Crippen molar-refractivity contribution in [3.05, 3.63) is 30.7 Å². The SMILES string of the molecule is Cn1cc(S(=O)(=O)N2CCN(C(=O)C(C)(C)C)CC2)c(-c2ccncc2)n1. The number of piperazine rings is 1. The van der Waals surface area contributed by atoms with Crippen molar-refractivity contribution in [2.24, 2.45) is 12.5 Å². The maximum atomic E-state index is 13.2. The second-order valence-corrected chi connectivity index (χ2v) is 9.60. The van der Waals surface area contributed by atoms with Crippen LogP contribution in [0, 0.1) is 5.41 Å². The minimum atomic E-state index is -3.71. The zero-order valence-corrected chi connectivity index (χ0v) is 16.9. The number of rotatable bonds is 3. The Bertz CT molecular complexity index is 924. The summed E-state index contributed by atoms with van der Waals surface area (Å²) in [5, 5.41) is 4.34. The number of carbonyl (C=O) groups is 1. The Labute approximate surface area is 159 Å². The molecule has 3 rings (SSSR count). The summed E-state index contributed by atoms with van der Waals surface area (Å²) in [6.45, 7) is 6.93. The molecule has 0 spiro atoms. The van der Waals surface area contributed by atoms with E-state index in [4.69, 9.17) is 0 Å². The Morgan fingerprint density at radius 2 is 1.67 bits per heavy atom. The van der Waals surface area contributed by atoms with Gasteiger partial charge in [0.1, 0.15) is 10.6 Å². The summed E-state index contributed by atoms with van der Waals surface area (Å²) in [5.74, 6) is 0.0402. The van der Waals surface area contributed by atoms with E-state index in [0.717, 1.165) is 0 Å². The summed E-state index contributed by atoms with van der Waals surface area (Å²) in [6, 6.07) is 3.47. The topological polar surface area (TPSA) is 88.4 Å². The molecule has 0 N–H and O–H groups in total. The predicted molar refractivity (Wildman–Crippen MR) is 101 cm³/mol. The molecule has 146 valence electrons. The van der Waals surface area contributed by atoms with Crippen LogP contribution >= 0.6 is 0 Å². The molecule has 1 aliphatic rings. The van der Waals surface area contributed by atoms with Gasteiger partial charge in [-0.15, -0.1) is 0 Å². The lowest BCUT2D eigenvalue weighted by molar-refractivity contribution is -0.140. The van der Waals surface area contributed by atoms with Crippen molar-refractivity contribution >= 4 is 15.9 Å². The van der Waals surface area contributed by atoms with Gasteiger partial charge < -0.3 is 4.90 Å². The lowest BCUT2D eigenvalue weighted by Gasteiger charge is -2.36. The summed E-state index contributed by atoms with van der Waals surface area (Å²) in [4.78, 5) is 18.3. The second kappa shape index (κ2) is 7.05. The highest BCUT2D eigenvalue weighted by atomic mass is 32.2. The standard InChI is InChI=1S/C18H25N5O3S/c1-18(2,3)17(24)22-9-11-23(12-10-22)27(25,26)15-13-21(4)20-16(15)14-5-7-19-8-6-14/h5-8,13H,9-12H2,1-4H3. The Morgan fingerprint density at radius 3 is 2.22 bits per heavy atom. The summed E-state index contributed by atoms with van der Waals surface area (Å²) >= 11 is 0. The fourth-order valence-electron chi connectivity index (χ4n) is 3.11. The van der Waals surface area contributed by atoms with Gasteiger partial charge in [0, 0.05) is 62.8 Å². The lowest BCUT2D eigenvalue weighted by atomic mass is 9.94. The highest BCUT2D eigenvalue weighted by Gasteiger charge is 2.35. The number of amides is 1. The normalized spacial score (nSPS) is 16.5. The van der Waals surface area contributed by atoms with Crippen molar-refractivity contribution in [2.75, 3.05) is 26.2 Å². The van der Waals surface area contributed by atoms with Gasteiger partial charge in [0.25, 0.3) is 0 Å². The van der Waals surface area contributed by atoms with E-state index in [9.17, 15) is 13.2 Å². The zero-order valence-electron chi connectivity index (χ0n) is 16.1. The average molecular weight is 391 g/mol. The van der Waals surface area contributed by atoms with Crippen molar-refractivity contribution in [1.29, 1.82) is 0 Å². The van der Waals surface area contributed by atoms with Crippen LogP contribution in [0.15, 0.2) is 35.6 Å². The molecule has 1 amide bonds. The molecule has 0 radical (unpaired) electrons. The van der Waals surface area contributed by atoms with Gasteiger partial charge in [-0.05, 0) is 12.1 Å². The average Bonchev–Trinajstić information content (AvgIpc) is 3.04. The third kappa shape index (κ3) is 3.89. The molecule has 1 aliphatic heterocycles. The molecule has 9 heteroatoms. The first-order valence-electron chi connectivity index (χ1n) is 8.84. The van der Waals surface area contributed by atoms with Crippen LogP contribution in [0.3, 0.4) is 0 Å². The van der Waals surface area contributed by atoms with Gasteiger partial charge in [-0.2, -0.15) is 9.40 Å². The number of aromatic nitrogens is 3. The molecule has 3 heterocycles. The van der Waals surface area contributed by atoms with E-state index >= 15 is 0 Å². The number of aryl methyl sites for hydroxylation is 1. The van der Waals surface area contributed by atoms with E-state index in [1.807, 2.05) is 20.8 Å². The highest BCUT2D eigenvalue weighted by Crippen LogP contribution is 2.29. The number of sulfonamides is 1. The Hall–Kier alpha value is -2.26. The van der Waals surface area contributed by atoms with Crippen LogP contribution in [0.4, 0.5) is 0 Å². The fraction of sp³-hybridized carbons (Fsp3) is 0.500. The molecule has 1 saturated heterocycles. The summed E-state index contributed by atoms with van der Waals surface area (Å²) in [6.07, 6.45) is 4.74. The number of hydrogen-bond acceptors (Lipinski definition) is 5. The third-order valence-electron chi connectivity index (χ3n) is 4.53. The molecular formula is C18H25N5O3S. The first-order chi connectivity index (χ1) is 12.6. The van der Waals surface area contributed by atoms with E-state index in [-0.39, 0.29) is 23.9 Å². The van der Waals surface area contributed by atoms with E-state index < -0.39 is 15.4 Å². The number of pyridine rings is 1. The molecule has 2 aromatic rings. The Balaban J connectivity index is 1.84. The molecule has 0 bridgehead atoms. The predicted octanol–water partition coefficient (Wildman–Crippen LogP) is 1.36. The second-order valence-electron chi connectivity index (χ2n) is 7.70. The van der Waals surface area contributed by atoms with Gasteiger partial charge >= 0.3 is 0 Å². The summed E-state index contributed by atoms with van der Waals surface area (Å²) in [5.41, 5.74) is 0.637. The van der Waals surface area contributed by atoms with E-state index in [1.165, 1.54) is 15.2 Å². The lowest BCUT2D eigenvalue weighted by Crippen LogP contribution is -2.52. The van der Waals surface area contributed by atoms with Crippen molar-refractivity contribution < 1.29 is 13.2 Å². The molecular weight excluding hydrogens is 366 g/mol. The molecule has 0 aliphatic carbocycles. The maximum Gasteiger partial charge on any atom is 0.246 e. The van der Waals surface area contributed by atoms with Gasteiger partial charge in [-0.25, -0.2) is 8.42 Å². The molecule has 1 fully saturated rings. The van der Waals surface area contributed by atoms with Gasteiger partial charge in [-0.1, -0.05) is 20.8 Å². The van der Waals surface area contributed by atoms with Crippen LogP contribution in [-0.2, 0) is 21.9 Å². The number of carbonyl (C=O) groups excluding carboxylic acids is 1. The molecule has 0 saturated carbocycles. The fourth-order valence-corrected chi connectivity index (χ4v) is 4.72. The van der Waals surface area contributed by atoms with Gasteiger partial charge in [0.15, 0.2) is 0 Å². The molecule has 0 aromatic carbocycles. The van der Waals surface area contributed by atoms with Crippen molar-refractivity contribution in [3.8, 4) is 11.3 Å². The summed E-state index contributed by atoms with van der Waals surface area (Å²) < 4.78 is 29.4. The maximum absolute atomic E-state index is 13.2. The minimum Gasteiger partial charge on any atom is -0.340 e. The van der Waals surface area contributed by atoms with Gasteiger partial charge in [0.05, 0.1) is 0 Å². The van der Waals surface area contributed by atoms with Crippen molar-refractivity contribution in [2.45, 2.75) is 25.7 Å². The molecule has 0 atom stereocenters. The molecule has 2 aromatic heterocycles. The van der Waals surface area contributed by atoms with Crippen LogP contribution in [0.25, 0.3) is 11.3 Å². The van der Waals surface area contributed by atoms with Crippen molar-refractivity contribution in [1.82, 2.24) is 24.0 Å². The van der Waals surface area contributed by atoms with Crippen LogP contribution in [-0.4, -0.2) is 64.5 Å². The monoisotopic (exact) mass is 391 g/mol. The smallest absolute Gasteiger partial charge is 0.246 e. The quantitative estimate of drug-likeness (QED) is 0.788. The van der Waals surface area contributed by atoms with Crippen LogP contribution < -0.4 is 0 Å². The van der Waals surface area contributed by atoms with E-state index in [2.05, 4.69) is 10.1 Å². The van der Waals surface area contributed by atoms with E-state index in [1.54, 1.807) is 36.5 Å². The molecule has 27 heavy (non-hydrogen) atoms. The molecule has 0 unspecified atom stereocenters. The Morgan fingerprint density at radius 1 is 1.07 bits per heavy atom. The summed E-state index contributed by atoms with van der Waals surface area (Å²) in [7, 11) is -2.01. The third-order valence-corrected chi connectivity index (χ3v) is 6.43. The highest BCUT2D eigenvalue weighted by molar-refractivity contribution is 7.89. The number of nitrogens with zero attached hydrogens (tertiary/aromatic N) is 5. The van der Waals surface area contributed by atoms with Crippen LogP contribution in [0.1, 0.15) is 20.8 Å². The van der Waals surface area contributed by atoms with Crippen molar-refractivity contribution in [3.63, 3.8) is 0 Å². The van der Waals surface area contributed by atoms with E-state index in [0.29, 0.717) is 24.3 Å².